The molecule has 0 aromatic rings. The van der Waals surface area contributed by atoms with Crippen LogP contribution >= 0.6 is 0 Å². The summed E-state index contributed by atoms with van der Waals surface area (Å²) in [6.45, 7) is 21.9. The van der Waals surface area contributed by atoms with Crippen molar-refractivity contribution in [2.24, 2.45) is 32.7 Å². The summed E-state index contributed by atoms with van der Waals surface area (Å²) in [6.07, 6.45) is 0. The number of ether oxygens (including phenoxy) is 3. The highest BCUT2D eigenvalue weighted by Crippen LogP contribution is 2.19. The Balaban J connectivity index is 0.000000204. The molecular formula is C21H39N3O3. The van der Waals surface area contributed by atoms with Gasteiger partial charge >= 0.3 is 0 Å². The Bertz CT molecular complexity index is 549. The number of hydrogen-bond acceptors (Lipinski definition) is 6. The molecule has 0 saturated carbocycles. The first-order valence-corrected chi connectivity index (χ1v) is 10.1. The predicted octanol–water partition coefficient (Wildman–Crippen LogP) is 4.38. The van der Waals surface area contributed by atoms with E-state index in [1.807, 2.05) is 0 Å². The second kappa shape index (κ2) is 10.7. The van der Waals surface area contributed by atoms with Crippen LogP contribution in [0.25, 0.3) is 0 Å². The second-order valence-electron chi connectivity index (χ2n) is 8.71. The van der Waals surface area contributed by atoms with Gasteiger partial charge in [-0.3, -0.25) is 4.99 Å². The van der Waals surface area contributed by atoms with Crippen LogP contribution in [0.5, 0.6) is 0 Å². The second-order valence-corrected chi connectivity index (χ2v) is 8.71. The summed E-state index contributed by atoms with van der Waals surface area (Å²) >= 11 is 0. The van der Waals surface area contributed by atoms with Crippen LogP contribution < -0.4 is 0 Å². The molecule has 0 N–H and O–H groups in total. The zero-order valence-electron chi connectivity index (χ0n) is 18.7. The van der Waals surface area contributed by atoms with E-state index in [-0.39, 0.29) is 5.54 Å². The van der Waals surface area contributed by atoms with Crippen molar-refractivity contribution in [3.63, 3.8) is 0 Å². The van der Waals surface area contributed by atoms with E-state index in [1.54, 1.807) is 0 Å². The molecule has 27 heavy (non-hydrogen) atoms. The molecule has 3 aliphatic heterocycles. The Morgan fingerprint density at radius 2 is 1.44 bits per heavy atom. The van der Waals surface area contributed by atoms with Gasteiger partial charge in [-0.15, -0.1) is 0 Å². The van der Waals surface area contributed by atoms with Crippen LogP contribution in [0, 0.1) is 17.8 Å². The molecule has 0 spiro atoms. The van der Waals surface area contributed by atoms with Gasteiger partial charge in [0.1, 0.15) is 19.8 Å². The van der Waals surface area contributed by atoms with Crippen LogP contribution in [-0.2, 0) is 14.2 Å². The van der Waals surface area contributed by atoms with E-state index in [0.717, 1.165) is 44.1 Å². The van der Waals surface area contributed by atoms with Gasteiger partial charge < -0.3 is 14.2 Å². The van der Waals surface area contributed by atoms with Crippen molar-refractivity contribution in [1.29, 1.82) is 0 Å². The lowest BCUT2D eigenvalue weighted by atomic mass is 10.1. The quantitative estimate of drug-likeness (QED) is 0.729. The molecule has 0 aromatic carbocycles. The van der Waals surface area contributed by atoms with Crippen molar-refractivity contribution in [2.45, 2.75) is 73.9 Å². The first-order chi connectivity index (χ1) is 12.5. The van der Waals surface area contributed by atoms with E-state index >= 15 is 0 Å². The molecule has 1 atom stereocenters. The van der Waals surface area contributed by atoms with Crippen LogP contribution in [0.3, 0.4) is 0 Å². The lowest BCUT2D eigenvalue weighted by Crippen LogP contribution is -2.17. The lowest BCUT2D eigenvalue weighted by Gasteiger charge is -2.07. The van der Waals surface area contributed by atoms with Gasteiger partial charge in [-0.1, -0.05) is 41.5 Å². The van der Waals surface area contributed by atoms with Crippen LogP contribution in [0.15, 0.2) is 15.0 Å². The largest absolute Gasteiger partial charge is 0.479 e. The first kappa shape index (κ1) is 23.4. The molecule has 0 saturated heterocycles. The van der Waals surface area contributed by atoms with Gasteiger partial charge in [0.05, 0.1) is 18.1 Å². The summed E-state index contributed by atoms with van der Waals surface area (Å²) < 4.78 is 15.8. The maximum absolute atomic E-state index is 5.38. The molecule has 0 radical (unpaired) electrons. The van der Waals surface area contributed by atoms with E-state index in [2.05, 4.69) is 77.3 Å². The Morgan fingerprint density at radius 3 is 1.67 bits per heavy atom. The van der Waals surface area contributed by atoms with Crippen molar-refractivity contribution < 1.29 is 14.2 Å². The summed E-state index contributed by atoms with van der Waals surface area (Å²) in [5.41, 5.74) is 0.0135. The summed E-state index contributed by atoms with van der Waals surface area (Å²) in [5.74, 6) is 4.10. The fourth-order valence-corrected chi connectivity index (χ4v) is 2.42. The van der Waals surface area contributed by atoms with E-state index < -0.39 is 0 Å². The van der Waals surface area contributed by atoms with Crippen LogP contribution in [0.1, 0.15) is 62.3 Å². The molecule has 0 aromatic heterocycles. The fourth-order valence-electron chi connectivity index (χ4n) is 2.42. The van der Waals surface area contributed by atoms with Crippen molar-refractivity contribution >= 4 is 17.7 Å². The molecule has 3 rings (SSSR count). The fraction of sp³-hybridized carbons (Fsp3) is 0.857. The standard InChI is InChI=1S/C8H15NO.C7H13NO.C6H11NO/c1-6(2)7-9-8(3,4)5-10-7;1-5(2)7-8-6(3)4-9-7;1-5(2)6-7-3-4-8-6/h6H,5H2,1-4H3;5-6H,4H2,1-3H3;5H,3-4H2,1-2H3. The highest BCUT2D eigenvalue weighted by molar-refractivity contribution is 5.80. The Kier molecular flexibility index (Phi) is 9.27. The van der Waals surface area contributed by atoms with Crippen molar-refractivity contribution in [3.8, 4) is 0 Å². The SMILES string of the molecule is CC(C)C1=NC(C)(C)CO1.CC(C)C1=NCCO1.CC1COC(C(C)C)=N1. The average Bonchev–Trinajstić information content (AvgIpc) is 3.28. The van der Waals surface area contributed by atoms with Crippen molar-refractivity contribution in [2.75, 3.05) is 26.4 Å². The average molecular weight is 382 g/mol. The normalized spacial score (nSPS) is 22.7. The third kappa shape index (κ3) is 8.76. The third-order valence-corrected chi connectivity index (χ3v) is 3.90. The maximum atomic E-state index is 5.38. The number of aliphatic imine (C=N–C) groups is 3. The molecule has 1 unspecified atom stereocenters. The minimum absolute atomic E-state index is 0.0135. The molecule has 156 valence electrons. The van der Waals surface area contributed by atoms with Crippen molar-refractivity contribution in [1.82, 2.24) is 0 Å². The minimum atomic E-state index is 0.0135. The molecule has 0 fully saturated rings. The topological polar surface area (TPSA) is 64.8 Å². The van der Waals surface area contributed by atoms with Crippen LogP contribution in [0.2, 0.25) is 0 Å². The molecule has 6 heteroatoms. The van der Waals surface area contributed by atoms with Gasteiger partial charge in [0, 0.05) is 17.8 Å². The first-order valence-electron chi connectivity index (χ1n) is 10.1. The number of nitrogens with zero attached hydrogens (tertiary/aromatic N) is 3. The predicted molar refractivity (Wildman–Crippen MR) is 113 cm³/mol. The van der Waals surface area contributed by atoms with E-state index in [9.17, 15) is 0 Å². The van der Waals surface area contributed by atoms with E-state index in [4.69, 9.17) is 14.2 Å². The molecule has 3 heterocycles. The molecule has 0 amide bonds. The zero-order chi connectivity index (χ0) is 20.6. The highest BCUT2D eigenvalue weighted by atomic mass is 16.5. The molecule has 6 nitrogen and oxygen atoms in total. The highest BCUT2D eigenvalue weighted by Gasteiger charge is 2.27. The molecule has 0 bridgehead atoms. The molecular weight excluding hydrogens is 342 g/mol. The van der Waals surface area contributed by atoms with Gasteiger partial charge in [-0.25, -0.2) is 9.98 Å². The third-order valence-electron chi connectivity index (χ3n) is 3.90. The Labute approximate surface area is 165 Å². The monoisotopic (exact) mass is 381 g/mol. The number of rotatable bonds is 3. The van der Waals surface area contributed by atoms with Gasteiger partial charge in [0.25, 0.3) is 0 Å². The van der Waals surface area contributed by atoms with Crippen LogP contribution in [0.4, 0.5) is 0 Å². The molecule has 3 aliphatic rings. The summed E-state index contributed by atoms with van der Waals surface area (Å²) in [6, 6.07) is 0.377. The van der Waals surface area contributed by atoms with Crippen LogP contribution in [-0.4, -0.2) is 55.6 Å². The summed E-state index contributed by atoms with van der Waals surface area (Å²) in [7, 11) is 0. The minimum Gasteiger partial charge on any atom is -0.479 e. The van der Waals surface area contributed by atoms with E-state index in [0.29, 0.717) is 23.8 Å². The zero-order valence-corrected chi connectivity index (χ0v) is 18.7. The van der Waals surface area contributed by atoms with E-state index in [1.165, 1.54) is 0 Å². The smallest absolute Gasteiger partial charge is 0.186 e. The number of hydrogen-bond donors (Lipinski definition) is 0. The maximum Gasteiger partial charge on any atom is 0.186 e. The lowest BCUT2D eigenvalue weighted by molar-refractivity contribution is 0.268. The Hall–Kier alpha value is -1.59. The van der Waals surface area contributed by atoms with Gasteiger partial charge in [0.15, 0.2) is 17.7 Å². The Morgan fingerprint density at radius 1 is 0.852 bits per heavy atom. The van der Waals surface area contributed by atoms with Crippen molar-refractivity contribution in [3.05, 3.63) is 0 Å². The summed E-state index contributed by atoms with van der Waals surface area (Å²) in [4.78, 5) is 12.8. The van der Waals surface area contributed by atoms with Gasteiger partial charge in [0.2, 0.25) is 0 Å². The van der Waals surface area contributed by atoms with Gasteiger partial charge in [-0.2, -0.15) is 0 Å². The molecule has 0 aliphatic carbocycles. The van der Waals surface area contributed by atoms with Gasteiger partial charge in [-0.05, 0) is 20.8 Å². The summed E-state index contributed by atoms with van der Waals surface area (Å²) in [5, 5.41) is 0.